The number of benzene rings is 1. The first kappa shape index (κ1) is 30.3. The Labute approximate surface area is 238 Å². The summed E-state index contributed by atoms with van der Waals surface area (Å²) in [4.78, 5) is 32.1. The van der Waals surface area contributed by atoms with Gasteiger partial charge in [0.05, 0.1) is 11.0 Å². The molecule has 1 aromatic heterocycles. The SMILES string of the molecule is CC(C)[C@]1(C(=O)N2CCc3c(cc(C(F)(F)F)cc3-c3nnc[nH]3)C2)CC[C@@H](N(C(=O)C(F)(F)F)C2CCOCC2)C1. The van der Waals surface area contributed by atoms with Crippen molar-refractivity contribution in [3.05, 3.63) is 35.2 Å². The van der Waals surface area contributed by atoms with Gasteiger partial charge in [0.15, 0.2) is 5.82 Å². The third-order valence-electron chi connectivity index (χ3n) is 9.13. The number of hydrogen-bond donors (Lipinski definition) is 1. The molecule has 1 N–H and O–H groups in total. The zero-order valence-electron chi connectivity index (χ0n) is 23.3. The zero-order chi connectivity index (χ0) is 30.4. The smallest absolute Gasteiger partial charge is 0.381 e. The number of carbonyl (C=O) groups excluding carboxylic acids is 2. The summed E-state index contributed by atoms with van der Waals surface area (Å²) in [6.45, 7) is 4.29. The van der Waals surface area contributed by atoms with Crippen molar-refractivity contribution in [3.63, 3.8) is 0 Å². The second-order valence-corrected chi connectivity index (χ2v) is 11.7. The fraction of sp³-hybridized carbons (Fsp3) is 0.643. The number of alkyl halides is 6. The quantitative estimate of drug-likeness (QED) is 0.480. The van der Waals surface area contributed by atoms with Crippen LogP contribution in [0.25, 0.3) is 11.4 Å². The number of halogens is 6. The second-order valence-electron chi connectivity index (χ2n) is 11.7. The van der Waals surface area contributed by atoms with Crippen molar-refractivity contribution in [1.29, 1.82) is 0 Å². The number of nitrogens with zero attached hydrogens (tertiary/aromatic N) is 4. The van der Waals surface area contributed by atoms with Gasteiger partial charge in [-0.3, -0.25) is 9.59 Å². The molecule has 2 atom stereocenters. The van der Waals surface area contributed by atoms with Gasteiger partial charge in [-0.2, -0.15) is 26.3 Å². The van der Waals surface area contributed by atoms with E-state index in [0.717, 1.165) is 17.0 Å². The van der Waals surface area contributed by atoms with Crippen molar-refractivity contribution in [2.24, 2.45) is 11.3 Å². The van der Waals surface area contributed by atoms with Crippen molar-refractivity contribution >= 4 is 11.8 Å². The summed E-state index contributed by atoms with van der Waals surface area (Å²) in [5, 5.41) is 7.58. The summed E-state index contributed by atoms with van der Waals surface area (Å²) < 4.78 is 87.9. The Bertz CT molecular complexity index is 1310. The largest absolute Gasteiger partial charge is 0.471 e. The molecule has 3 aliphatic rings. The minimum absolute atomic E-state index is 0.0535. The minimum Gasteiger partial charge on any atom is -0.381 e. The van der Waals surface area contributed by atoms with Gasteiger partial charge >= 0.3 is 18.3 Å². The highest BCUT2D eigenvalue weighted by atomic mass is 19.4. The fourth-order valence-corrected chi connectivity index (χ4v) is 6.89. The highest BCUT2D eigenvalue weighted by molar-refractivity contribution is 5.85. The normalized spacial score (nSPS) is 23.7. The maximum atomic E-state index is 14.2. The van der Waals surface area contributed by atoms with E-state index in [-0.39, 0.29) is 88.0 Å². The molecule has 2 fully saturated rings. The number of fused-ring (bicyclic) bond motifs is 1. The third kappa shape index (κ3) is 5.61. The molecular formula is C28H33F6N5O3. The lowest BCUT2D eigenvalue weighted by Crippen LogP contribution is -2.54. The van der Waals surface area contributed by atoms with Gasteiger partial charge in [0.2, 0.25) is 5.91 Å². The molecular weight excluding hydrogens is 568 g/mol. The number of nitrogens with one attached hydrogen (secondary N) is 1. The Balaban J connectivity index is 1.44. The van der Waals surface area contributed by atoms with Gasteiger partial charge < -0.3 is 19.5 Å². The molecule has 1 aromatic carbocycles. The van der Waals surface area contributed by atoms with E-state index >= 15 is 0 Å². The van der Waals surface area contributed by atoms with Gasteiger partial charge in [-0.05, 0) is 67.7 Å². The standard InChI is InChI=1S/C28H33F6N5O3/c1-16(2)26(7-3-20(13-26)39(25(41)28(32,33)34)19-5-9-42-10-6-19)24(40)38-8-4-21-17(14-38)11-18(27(29,30)31)12-22(21)23-35-15-36-37-23/h11-12,15-16,19-20H,3-10,13-14H2,1-2H3,(H,35,36,37)/t20-,26+/m1/s1. The van der Waals surface area contributed by atoms with Crippen LogP contribution < -0.4 is 0 Å². The maximum absolute atomic E-state index is 14.2. The molecule has 1 aliphatic carbocycles. The molecule has 8 nitrogen and oxygen atoms in total. The summed E-state index contributed by atoms with van der Waals surface area (Å²) >= 11 is 0. The molecule has 230 valence electrons. The Kier molecular flexibility index (Phi) is 8.05. The molecule has 2 aromatic rings. The van der Waals surface area contributed by atoms with Gasteiger partial charge in [-0.1, -0.05) is 13.8 Å². The predicted molar refractivity (Wildman–Crippen MR) is 138 cm³/mol. The summed E-state index contributed by atoms with van der Waals surface area (Å²) in [6, 6.07) is 0.633. The number of aromatic amines is 1. The lowest BCUT2D eigenvalue weighted by atomic mass is 9.73. The number of aromatic nitrogens is 3. The molecule has 42 heavy (non-hydrogen) atoms. The van der Waals surface area contributed by atoms with Crippen molar-refractivity contribution in [2.75, 3.05) is 19.8 Å². The van der Waals surface area contributed by atoms with E-state index in [1.165, 1.54) is 11.2 Å². The lowest BCUT2D eigenvalue weighted by Gasteiger charge is -2.42. The molecule has 0 spiro atoms. The molecule has 3 heterocycles. The van der Waals surface area contributed by atoms with E-state index < -0.39 is 41.3 Å². The Morgan fingerprint density at radius 2 is 1.81 bits per heavy atom. The van der Waals surface area contributed by atoms with Crippen molar-refractivity contribution in [1.82, 2.24) is 25.0 Å². The molecule has 1 saturated carbocycles. The Morgan fingerprint density at radius 1 is 1.10 bits per heavy atom. The van der Waals surface area contributed by atoms with Crippen LogP contribution in [0.5, 0.6) is 0 Å². The van der Waals surface area contributed by atoms with E-state index in [9.17, 15) is 35.9 Å². The number of rotatable bonds is 5. The summed E-state index contributed by atoms with van der Waals surface area (Å²) in [7, 11) is 0. The third-order valence-corrected chi connectivity index (χ3v) is 9.13. The molecule has 2 amide bonds. The van der Waals surface area contributed by atoms with Crippen molar-refractivity contribution in [3.8, 4) is 11.4 Å². The maximum Gasteiger partial charge on any atom is 0.471 e. The Hall–Kier alpha value is -3.16. The highest BCUT2D eigenvalue weighted by Crippen LogP contribution is 2.49. The monoisotopic (exact) mass is 601 g/mol. The molecule has 14 heteroatoms. The van der Waals surface area contributed by atoms with Crippen LogP contribution in [0.15, 0.2) is 18.5 Å². The summed E-state index contributed by atoms with van der Waals surface area (Å²) in [5.74, 6) is -2.30. The van der Waals surface area contributed by atoms with Crippen LogP contribution in [0.2, 0.25) is 0 Å². The molecule has 1 saturated heterocycles. The van der Waals surface area contributed by atoms with Gasteiger partial charge in [0.25, 0.3) is 0 Å². The van der Waals surface area contributed by atoms with Crippen LogP contribution >= 0.6 is 0 Å². The number of hydrogen-bond acceptors (Lipinski definition) is 5. The van der Waals surface area contributed by atoms with E-state index in [4.69, 9.17) is 4.74 Å². The predicted octanol–water partition coefficient (Wildman–Crippen LogP) is 5.14. The number of carbonyl (C=O) groups is 2. The van der Waals surface area contributed by atoms with Crippen LogP contribution in [0.4, 0.5) is 26.3 Å². The topological polar surface area (TPSA) is 91.4 Å². The first-order chi connectivity index (χ1) is 19.7. The molecule has 2 aliphatic heterocycles. The van der Waals surface area contributed by atoms with Crippen LogP contribution in [0.1, 0.15) is 62.6 Å². The van der Waals surface area contributed by atoms with Gasteiger partial charge in [-0.25, -0.2) is 0 Å². The molecule has 5 rings (SSSR count). The first-order valence-corrected chi connectivity index (χ1v) is 14.1. The lowest BCUT2D eigenvalue weighted by molar-refractivity contribution is -0.192. The average molecular weight is 602 g/mol. The molecule has 0 radical (unpaired) electrons. The van der Waals surface area contributed by atoms with Crippen LogP contribution in [0, 0.1) is 11.3 Å². The van der Waals surface area contributed by atoms with Crippen molar-refractivity contribution < 1.29 is 40.7 Å². The van der Waals surface area contributed by atoms with E-state index in [0.29, 0.717) is 11.1 Å². The van der Waals surface area contributed by atoms with Crippen LogP contribution in [-0.4, -0.2) is 74.8 Å². The fourth-order valence-electron chi connectivity index (χ4n) is 6.89. The highest BCUT2D eigenvalue weighted by Gasteiger charge is 2.55. The second kappa shape index (κ2) is 11.2. The zero-order valence-corrected chi connectivity index (χ0v) is 23.3. The molecule has 0 unspecified atom stereocenters. The van der Waals surface area contributed by atoms with Crippen LogP contribution in [0.3, 0.4) is 0 Å². The van der Waals surface area contributed by atoms with Gasteiger partial charge in [0, 0.05) is 44.0 Å². The number of amides is 2. The van der Waals surface area contributed by atoms with E-state index in [1.807, 2.05) is 13.8 Å². The first-order valence-electron chi connectivity index (χ1n) is 14.1. The van der Waals surface area contributed by atoms with Crippen LogP contribution in [-0.2, 0) is 33.5 Å². The van der Waals surface area contributed by atoms with Gasteiger partial charge in [0.1, 0.15) is 6.33 Å². The summed E-state index contributed by atoms with van der Waals surface area (Å²) in [6.07, 6.45) is -7.04. The van der Waals surface area contributed by atoms with Crippen molar-refractivity contribution in [2.45, 2.75) is 83.4 Å². The minimum atomic E-state index is -5.06. The average Bonchev–Trinajstić information content (AvgIpc) is 3.63. The number of H-pyrrole nitrogens is 1. The number of ether oxygens (including phenoxy) is 1. The van der Waals surface area contributed by atoms with E-state index in [1.54, 1.807) is 0 Å². The van der Waals surface area contributed by atoms with Gasteiger partial charge in [-0.15, -0.1) is 10.2 Å². The van der Waals surface area contributed by atoms with E-state index in [2.05, 4.69) is 15.2 Å². The molecule has 0 bridgehead atoms. The Morgan fingerprint density at radius 3 is 2.40 bits per heavy atom. The summed E-state index contributed by atoms with van der Waals surface area (Å²) in [5.41, 5.74) is -0.707.